The van der Waals surface area contributed by atoms with E-state index in [9.17, 15) is 13.5 Å². The summed E-state index contributed by atoms with van der Waals surface area (Å²) < 4.78 is 37.2. The van der Waals surface area contributed by atoms with Crippen molar-refractivity contribution >= 4 is 10.0 Å². The van der Waals surface area contributed by atoms with Crippen LogP contribution in [0.4, 0.5) is 0 Å². The van der Waals surface area contributed by atoms with Crippen molar-refractivity contribution in [2.24, 2.45) is 0 Å². The number of benzene rings is 2. The Morgan fingerprint density at radius 1 is 1.12 bits per heavy atom. The molecule has 1 N–H and O–H groups in total. The van der Waals surface area contributed by atoms with Crippen molar-refractivity contribution in [1.29, 1.82) is 0 Å². The lowest BCUT2D eigenvalue weighted by molar-refractivity contribution is 0.154. The summed E-state index contributed by atoms with van der Waals surface area (Å²) in [6, 6.07) is 11.9. The molecule has 0 bridgehead atoms. The molecule has 0 aliphatic rings. The number of nitrogens with zero attached hydrogens (tertiary/aromatic N) is 1. The number of hydrogen-bond donors (Lipinski definition) is 1. The third-order valence-electron chi connectivity index (χ3n) is 3.92. The first-order valence-electron chi connectivity index (χ1n) is 7.72. The van der Waals surface area contributed by atoms with E-state index in [1.165, 1.54) is 21.3 Å². The van der Waals surface area contributed by atoms with Crippen molar-refractivity contribution in [2.75, 3.05) is 27.8 Å². The number of aliphatic hydroxyl groups is 1. The zero-order valence-corrected chi connectivity index (χ0v) is 15.6. The van der Waals surface area contributed by atoms with Crippen LogP contribution in [0.2, 0.25) is 0 Å². The van der Waals surface area contributed by atoms with E-state index in [1.807, 2.05) is 6.92 Å². The van der Waals surface area contributed by atoms with Crippen molar-refractivity contribution in [3.63, 3.8) is 0 Å². The fourth-order valence-electron chi connectivity index (χ4n) is 2.45. The Morgan fingerprint density at radius 2 is 1.84 bits per heavy atom. The molecule has 0 spiro atoms. The lowest BCUT2D eigenvalue weighted by Gasteiger charge is -2.22. The molecule has 6 nitrogen and oxygen atoms in total. The average Bonchev–Trinajstić information content (AvgIpc) is 2.61. The zero-order chi connectivity index (χ0) is 18.6. The van der Waals surface area contributed by atoms with Gasteiger partial charge in [0, 0.05) is 13.6 Å². The number of ether oxygens (including phenoxy) is 2. The molecular formula is C18H23NO5S. The van der Waals surface area contributed by atoms with Gasteiger partial charge < -0.3 is 14.6 Å². The zero-order valence-electron chi connectivity index (χ0n) is 14.8. The molecule has 0 aliphatic carbocycles. The summed E-state index contributed by atoms with van der Waals surface area (Å²) in [6.45, 7) is 1.72. The molecule has 0 saturated carbocycles. The van der Waals surface area contributed by atoms with Crippen molar-refractivity contribution < 1.29 is 23.0 Å². The Kier molecular flexibility index (Phi) is 6.05. The molecule has 136 valence electrons. The van der Waals surface area contributed by atoms with Gasteiger partial charge in [-0.1, -0.05) is 18.2 Å². The minimum atomic E-state index is -3.81. The van der Waals surface area contributed by atoms with Crippen LogP contribution in [0.25, 0.3) is 0 Å². The van der Waals surface area contributed by atoms with Crippen molar-refractivity contribution in [1.82, 2.24) is 4.31 Å². The predicted octanol–water partition coefficient (Wildman–Crippen LogP) is 2.37. The number of methoxy groups -OCH3 is 2. The molecule has 0 aromatic heterocycles. The van der Waals surface area contributed by atoms with Gasteiger partial charge >= 0.3 is 0 Å². The van der Waals surface area contributed by atoms with E-state index in [0.717, 1.165) is 9.87 Å². The summed E-state index contributed by atoms with van der Waals surface area (Å²) in [4.78, 5) is 0.0790. The molecule has 25 heavy (non-hydrogen) atoms. The van der Waals surface area contributed by atoms with E-state index in [-0.39, 0.29) is 17.2 Å². The fourth-order valence-corrected chi connectivity index (χ4v) is 3.86. The monoisotopic (exact) mass is 365 g/mol. The third-order valence-corrected chi connectivity index (χ3v) is 5.76. The quantitative estimate of drug-likeness (QED) is 0.815. The van der Waals surface area contributed by atoms with Crippen LogP contribution in [0.15, 0.2) is 47.4 Å². The van der Waals surface area contributed by atoms with Gasteiger partial charge in [0.15, 0.2) is 0 Å². The van der Waals surface area contributed by atoms with E-state index in [4.69, 9.17) is 9.47 Å². The first-order valence-corrected chi connectivity index (χ1v) is 9.16. The maximum atomic E-state index is 12.9. The molecule has 2 aromatic carbocycles. The second kappa shape index (κ2) is 7.86. The minimum absolute atomic E-state index is 0.0790. The van der Waals surface area contributed by atoms with Crippen molar-refractivity contribution in [2.45, 2.75) is 17.9 Å². The molecule has 7 heteroatoms. The smallest absolute Gasteiger partial charge is 0.246 e. The number of hydrogen-bond acceptors (Lipinski definition) is 5. The van der Waals surface area contributed by atoms with Crippen LogP contribution in [0, 0.1) is 6.92 Å². The Bertz CT molecular complexity index is 835. The number of aryl methyl sites for hydroxylation is 1. The van der Waals surface area contributed by atoms with Crippen LogP contribution in [0.5, 0.6) is 11.5 Å². The molecule has 1 atom stereocenters. The first kappa shape index (κ1) is 19.2. The van der Waals surface area contributed by atoms with Crippen LogP contribution in [0.3, 0.4) is 0 Å². The van der Waals surface area contributed by atoms with E-state index >= 15 is 0 Å². The van der Waals surface area contributed by atoms with Gasteiger partial charge in [-0.05, 0) is 42.3 Å². The summed E-state index contributed by atoms with van der Waals surface area (Å²) in [6.07, 6.45) is -0.981. The number of sulfonamides is 1. The maximum absolute atomic E-state index is 12.9. The van der Waals surface area contributed by atoms with E-state index < -0.39 is 16.1 Å². The largest absolute Gasteiger partial charge is 0.497 e. The summed E-state index contributed by atoms with van der Waals surface area (Å²) in [7, 11) is 0.584. The molecule has 0 fully saturated rings. The standard InChI is InChI=1S/C18H23NO5S/c1-13-8-9-17(24-4)18(10-13)25(21,22)19(2)12-16(20)14-6-5-7-15(11-14)23-3/h5-11,16,20H,12H2,1-4H3. The Morgan fingerprint density at radius 3 is 2.48 bits per heavy atom. The number of rotatable bonds is 7. The second-order valence-electron chi connectivity index (χ2n) is 5.73. The van der Waals surface area contributed by atoms with Crippen molar-refractivity contribution in [3.8, 4) is 11.5 Å². The molecule has 2 aromatic rings. The molecule has 0 amide bonds. The molecule has 0 aliphatic heterocycles. The van der Waals surface area contributed by atoms with Crippen LogP contribution >= 0.6 is 0 Å². The highest BCUT2D eigenvalue weighted by Gasteiger charge is 2.27. The number of aliphatic hydroxyl groups excluding tert-OH is 1. The van der Waals surface area contributed by atoms with Gasteiger partial charge in [0.25, 0.3) is 0 Å². The molecule has 1 unspecified atom stereocenters. The van der Waals surface area contributed by atoms with E-state index in [0.29, 0.717) is 11.3 Å². The maximum Gasteiger partial charge on any atom is 0.246 e. The highest BCUT2D eigenvalue weighted by Crippen LogP contribution is 2.28. The van der Waals surface area contributed by atoms with Gasteiger partial charge in [0.2, 0.25) is 10.0 Å². The average molecular weight is 365 g/mol. The molecule has 0 heterocycles. The van der Waals surface area contributed by atoms with Crippen LogP contribution in [0.1, 0.15) is 17.2 Å². The molecular weight excluding hydrogens is 342 g/mol. The first-order chi connectivity index (χ1) is 11.8. The highest BCUT2D eigenvalue weighted by molar-refractivity contribution is 7.89. The van der Waals surface area contributed by atoms with Gasteiger partial charge in [-0.25, -0.2) is 8.42 Å². The van der Waals surface area contributed by atoms with Crippen molar-refractivity contribution in [3.05, 3.63) is 53.6 Å². The lowest BCUT2D eigenvalue weighted by atomic mass is 10.1. The fraction of sp³-hybridized carbons (Fsp3) is 0.333. The minimum Gasteiger partial charge on any atom is -0.497 e. The topological polar surface area (TPSA) is 76.1 Å². The Labute approximate surface area is 148 Å². The number of likely N-dealkylation sites (N-methyl/N-ethyl adjacent to an activating group) is 1. The van der Waals surface area contributed by atoms with Crippen LogP contribution in [-0.2, 0) is 10.0 Å². The summed E-state index contributed by atoms with van der Waals surface area (Å²) in [5, 5.41) is 10.4. The molecule has 0 saturated heterocycles. The summed E-state index contributed by atoms with van der Waals surface area (Å²) in [5.74, 6) is 0.871. The van der Waals surface area contributed by atoms with Gasteiger partial charge in [0.1, 0.15) is 16.4 Å². The van der Waals surface area contributed by atoms with E-state index in [1.54, 1.807) is 42.5 Å². The van der Waals surface area contributed by atoms with Gasteiger partial charge in [-0.15, -0.1) is 0 Å². The highest BCUT2D eigenvalue weighted by atomic mass is 32.2. The second-order valence-corrected chi connectivity index (χ2v) is 7.75. The normalized spacial score (nSPS) is 12.9. The summed E-state index contributed by atoms with van der Waals surface area (Å²) in [5.41, 5.74) is 1.39. The SMILES string of the molecule is COc1cccc(C(O)CN(C)S(=O)(=O)c2cc(C)ccc2OC)c1. The predicted molar refractivity (Wildman–Crippen MR) is 95.5 cm³/mol. The van der Waals surface area contributed by atoms with Gasteiger partial charge in [0.05, 0.1) is 20.3 Å². The van der Waals surface area contributed by atoms with Gasteiger partial charge in [-0.2, -0.15) is 4.31 Å². The lowest BCUT2D eigenvalue weighted by Crippen LogP contribution is -2.31. The Balaban J connectivity index is 2.27. The van der Waals surface area contributed by atoms with Crippen LogP contribution < -0.4 is 9.47 Å². The van der Waals surface area contributed by atoms with Crippen LogP contribution in [-0.4, -0.2) is 45.6 Å². The van der Waals surface area contributed by atoms with Gasteiger partial charge in [-0.3, -0.25) is 0 Å². The molecule has 2 rings (SSSR count). The molecule has 0 radical (unpaired) electrons. The third kappa shape index (κ3) is 4.31. The summed E-state index contributed by atoms with van der Waals surface area (Å²) >= 11 is 0. The van der Waals surface area contributed by atoms with E-state index in [2.05, 4.69) is 0 Å². The Hall–Kier alpha value is -2.09.